The third kappa shape index (κ3) is 2.20. The molecule has 0 radical (unpaired) electrons. The maximum Gasteiger partial charge on any atom is 0.133 e. The Labute approximate surface area is 147 Å². The molecule has 136 valence electrons. The molecular weight excluding hydrogens is 296 g/mol. The molecule has 0 spiro atoms. The molecule has 4 aliphatic carbocycles. The SMILES string of the molecule is CC(=O)[C@H]1[C@H](C)C[C@H]2[C@@H]3CC[C@H]4C[C@@H](O)CC[C@]4(C)[C@H]3CC[C@@]21C. The second-order valence-corrected chi connectivity index (χ2v) is 10.4. The van der Waals surface area contributed by atoms with Gasteiger partial charge in [-0.25, -0.2) is 0 Å². The van der Waals surface area contributed by atoms with Crippen LogP contribution in [0.2, 0.25) is 0 Å². The Kier molecular flexibility index (Phi) is 3.95. The van der Waals surface area contributed by atoms with Crippen LogP contribution >= 0.6 is 0 Å². The van der Waals surface area contributed by atoms with Crippen LogP contribution in [0.4, 0.5) is 0 Å². The largest absolute Gasteiger partial charge is 0.393 e. The lowest BCUT2D eigenvalue weighted by atomic mass is 9.44. The summed E-state index contributed by atoms with van der Waals surface area (Å²) in [5.74, 6) is 4.44. The molecule has 2 heteroatoms. The fraction of sp³-hybridized carbons (Fsp3) is 0.955. The number of hydrogen-bond donors (Lipinski definition) is 1. The zero-order valence-electron chi connectivity index (χ0n) is 16.1. The van der Waals surface area contributed by atoms with Crippen molar-refractivity contribution in [1.29, 1.82) is 0 Å². The predicted octanol–water partition coefficient (Wildman–Crippen LogP) is 4.84. The zero-order valence-corrected chi connectivity index (χ0v) is 16.1. The second kappa shape index (κ2) is 5.56. The van der Waals surface area contributed by atoms with Gasteiger partial charge < -0.3 is 5.11 Å². The van der Waals surface area contributed by atoms with Gasteiger partial charge in [-0.2, -0.15) is 0 Å². The molecule has 9 atom stereocenters. The molecule has 4 fully saturated rings. The van der Waals surface area contributed by atoms with Crippen molar-refractivity contribution < 1.29 is 9.90 Å². The van der Waals surface area contributed by atoms with Crippen molar-refractivity contribution in [3.63, 3.8) is 0 Å². The molecule has 0 bridgehead atoms. The Morgan fingerprint density at radius 3 is 2.38 bits per heavy atom. The Balaban J connectivity index is 1.64. The summed E-state index contributed by atoms with van der Waals surface area (Å²) in [6.45, 7) is 9.16. The van der Waals surface area contributed by atoms with E-state index in [0.717, 1.165) is 36.5 Å². The number of aliphatic hydroxyl groups excluding tert-OH is 1. The second-order valence-electron chi connectivity index (χ2n) is 10.4. The van der Waals surface area contributed by atoms with Crippen LogP contribution in [0, 0.1) is 46.3 Å². The first-order chi connectivity index (χ1) is 11.3. The Morgan fingerprint density at radius 1 is 0.958 bits per heavy atom. The summed E-state index contributed by atoms with van der Waals surface area (Å²) in [5.41, 5.74) is 0.699. The number of rotatable bonds is 1. The maximum atomic E-state index is 12.4. The van der Waals surface area contributed by atoms with Gasteiger partial charge in [0.25, 0.3) is 0 Å². The van der Waals surface area contributed by atoms with Gasteiger partial charge in [-0.3, -0.25) is 4.79 Å². The fourth-order valence-electron chi connectivity index (χ4n) is 8.46. The van der Waals surface area contributed by atoms with Crippen molar-refractivity contribution in [1.82, 2.24) is 0 Å². The van der Waals surface area contributed by atoms with Crippen LogP contribution in [0.1, 0.15) is 79.1 Å². The van der Waals surface area contributed by atoms with E-state index in [1.807, 2.05) is 6.92 Å². The highest BCUT2D eigenvalue weighted by Crippen LogP contribution is 2.68. The molecule has 0 heterocycles. The van der Waals surface area contributed by atoms with E-state index in [9.17, 15) is 9.90 Å². The monoisotopic (exact) mass is 332 g/mol. The smallest absolute Gasteiger partial charge is 0.133 e. The molecule has 24 heavy (non-hydrogen) atoms. The predicted molar refractivity (Wildman–Crippen MR) is 96.5 cm³/mol. The third-order valence-corrected chi connectivity index (χ3v) is 9.42. The summed E-state index contributed by atoms with van der Waals surface area (Å²) in [6, 6.07) is 0. The van der Waals surface area contributed by atoms with Gasteiger partial charge in [0.1, 0.15) is 5.78 Å². The number of carbonyl (C=O) groups excluding carboxylic acids is 1. The average molecular weight is 333 g/mol. The number of hydrogen-bond acceptors (Lipinski definition) is 2. The number of ketones is 1. The first-order valence-corrected chi connectivity index (χ1v) is 10.5. The lowest BCUT2D eigenvalue weighted by molar-refractivity contribution is -0.139. The molecule has 4 aliphatic rings. The lowest BCUT2D eigenvalue weighted by Gasteiger charge is -2.60. The van der Waals surface area contributed by atoms with Crippen molar-refractivity contribution in [3.8, 4) is 0 Å². The molecule has 0 amide bonds. The third-order valence-electron chi connectivity index (χ3n) is 9.42. The first-order valence-electron chi connectivity index (χ1n) is 10.5. The molecule has 2 nitrogen and oxygen atoms in total. The number of Topliss-reactive ketones (excluding diaryl/α,β-unsaturated/α-hetero) is 1. The molecule has 0 saturated heterocycles. The molecule has 0 aromatic carbocycles. The molecule has 0 aliphatic heterocycles. The highest BCUT2D eigenvalue weighted by Gasteiger charge is 2.62. The van der Waals surface area contributed by atoms with Crippen LogP contribution in [0.5, 0.6) is 0 Å². The summed E-state index contributed by atoms with van der Waals surface area (Å²) in [7, 11) is 0. The summed E-state index contributed by atoms with van der Waals surface area (Å²) in [4.78, 5) is 12.4. The molecule has 0 aromatic heterocycles. The normalized spacial score (nSPS) is 57.0. The Bertz CT molecular complexity index is 528. The van der Waals surface area contributed by atoms with Gasteiger partial charge in [0.05, 0.1) is 6.10 Å². The minimum absolute atomic E-state index is 0.0536. The zero-order chi connectivity index (χ0) is 17.3. The van der Waals surface area contributed by atoms with Crippen LogP contribution in [0.15, 0.2) is 0 Å². The van der Waals surface area contributed by atoms with E-state index in [1.54, 1.807) is 0 Å². The minimum Gasteiger partial charge on any atom is -0.393 e. The summed E-state index contributed by atoms with van der Waals surface area (Å²) in [5, 5.41) is 10.1. The molecule has 1 N–H and O–H groups in total. The van der Waals surface area contributed by atoms with Crippen LogP contribution in [-0.2, 0) is 4.79 Å². The van der Waals surface area contributed by atoms with Crippen molar-refractivity contribution in [3.05, 3.63) is 0 Å². The highest BCUT2D eigenvalue weighted by atomic mass is 16.3. The molecule has 4 rings (SSSR count). The number of carbonyl (C=O) groups is 1. The topological polar surface area (TPSA) is 37.3 Å². The van der Waals surface area contributed by atoms with E-state index in [2.05, 4.69) is 20.8 Å². The minimum atomic E-state index is -0.0536. The summed E-state index contributed by atoms with van der Waals surface area (Å²) < 4.78 is 0. The summed E-state index contributed by atoms with van der Waals surface area (Å²) >= 11 is 0. The van der Waals surface area contributed by atoms with Gasteiger partial charge in [0, 0.05) is 5.92 Å². The van der Waals surface area contributed by atoms with Crippen LogP contribution in [0.3, 0.4) is 0 Å². The summed E-state index contributed by atoms with van der Waals surface area (Å²) in [6.07, 6.45) is 9.69. The Hall–Kier alpha value is -0.370. The van der Waals surface area contributed by atoms with Gasteiger partial charge in [-0.15, -0.1) is 0 Å². The van der Waals surface area contributed by atoms with E-state index >= 15 is 0 Å². The standard InChI is InChI=1S/C22H36O2/c1-13-11-19-17-6-5-15-12-16(24)7-9-21(15,3)18(17)8-10-22(19,4)20(13)14(2)23/h13,15-20,24H,5-12H2,1-4H3/t13-,15+,16+,17-,18+,19+,20-,21+,22+/m1/s1. The molecule has 4 saturated carbocycles. The fourth-order valence-corrected chi connectivity index (χ4v) is 8.46. The molecule has 0 unspecified atom stereocenters. The van der Waals surface area contributed by atoms with E-state index in [4.69, 9.17) is 0 Å². The van der Waals surface area contributed by atoms with Gasteiger partial charge in [-0.1, -0.05) is 20.8 Å². The van der Waals surface area contributed by atoms with E-state index in [1.165, 1.54) is 38.5 Å². The van der Waals surface area contributed by atoms with Crippen molar-refractivity contribution in [2.45, 2.75) is 85.2 Å². The van der Waals surface area contributed by atoms with E-state index in [-0.39, 0.29) is 11.5 Å². The van der Waals surface area contributed by atoms with E-state index < -0.39 is 0 Å². The van der Waals surface area contributed by atoms with Gasteiger partial charge in [0.15, 0.2) is 0 Å². The van der Waals surface area contributed by atoms with Crippen molar-refractivity contribution in [2.75, 3.05) is 0 Å². The van der Waals surface area contributed by atoms with E-state index in [0.29, 0.717) is 23.0 Å². The molecule has 0 aromatic rings. The quantitative estimate of drug-likeness (QED) is 0.746. The highest BCUT2D eigenvalue weighted by molar-refractivity contribution is 5.80. The van der Waals surface area contributed by atoms with Crippen molar-refractivity contribution in [2.24, 2.45) is 46.3 Å². The van der Waals surface area contributed by atoms with Crippen LogP contribution in [-0.4, -0.2) is 17.0 Å². The van der Waals surface area contributed by atoms with Crippen LogP contribution in [0.25, 0.3) is 0 Å². The van der Waals surface area contributed by atoms with Crippen molar-refractivity contribution >= 4 is 5.78 Å². The average Bonchev–Trinajstić information content (AvgIpc) is 2.78. The lowest BCUT2D eigenvalue weighted by Crippen LogP contribution is -2.54. The Morgan fingerprint density at radius 2 is 1.67 bits per heavy atom. The number of fused-ring (bicyclic) bond motifs is 5. The first kappa shape index (κ1) is 17.1. The number of aliphatic hydroxyl groups is 1. The molecular formula is C22H36O2. The van der Waals surface area contributed by atoms with Crippen LogP contribution < -0.4 is 0 Å². The van der Waals surface area contributed by atoms with Gasteiger partial charge in [0.2, 0.25) is 0 Å². The van der Waals surface area contributed by atoms with Gasteiger partial charge >= 0.3 is 0 Å². The maximum absolute atomic E-state index is 12.4. The van der Waals surface area contributed by atoms with Gasteiger partial charge in [-0.05, 0) is 98.7 Å².